The molecule has 1 atom stereocenters. The molecule has 2 aliphatic rings. The number of anilines is 1. The molecule has 172 valence electrons. The summed E-state index contributed by atoms with van der Waals surface area (Å²) in [5.41, 5.74) is 2.26. The summed E-state index contributed by atoms with van der Waals surface area (Å²) in [7, 11) is -7.13. The highest BCUT2D eigenvalue weighted by Crippen LogP contribution is 2.27. The normalized spacial score (nSPS) is 20.1. The molecule has 1 fully saturated rings. The lowest BCUT2D eigenvalue weighted by atomic mass is 9.95. The first-order chi connectivity index (χ1) is 15.2. The Bertz CT molecular complexity index is 1200. The Hall–Kier alpha value is -2.27. The maximum Gasteiger partial charge on any atom is 0.243 e. The Morgan fingerprint density at radius 2 is 1.59 bits per heavy atom. The molecule has 2 heterocycles. The third-order valence-electron chi connectivity index (χ3n) is 6.05. The smallest absolute Gasteiger partial charge is 0.243 e. The molecule has 2 aromatic rings. The molecule has 0 saturated carbocycles. The fourth-order valence-electron chi connectivity index (χ4n) is 4.19. The van der Waals surface area contributed by atoms with E-state index in [0.29, 0.717) is 18.8 Å². The van der Waals surface area contributed by atoms with Gasteiger partial charge in [-0.25, -0.2) is 16.8 Å². The van der Waals surface area contributed by atoms with E-state index in [1.807, 2.05) is 24.3 Å². The van der Waals surface area contributed by atoms with Gasteiger partial charge in [-0.3, -0.25) is 4.79 Å². The summed E-state index contributed by atoms with van der Waals surface area (Å²) in [5, 5.41) is 2.76. The maximum atomic E-state index is 13.1. The van der Waals surface area contributed by atoms with E-state index in [2.05, 4.69) is 5.32 Å². The van der Waals surface area contributed by atoms with Crippen LogP contribution < -0.4 is 5.32 Å². The standard InChI is InChI=1S/C22H27N3O5S2/c1-2-31(27,28)25-16-18-8-4-3-7-17(18)15-21(25)22(26)23-19-9-11-20(12-10-19)32(29,30)24-13-5-6-14-24/h3-4,7-12,21H,2,5-6,13-16H2,1H3,(H,23,26). The third-order valence-corrected chi connectivity index (χ3v) is 9.80. The molecule has 1 unspecified atom stereocenters. The van der Waals surface area contributed by atoms with E-state index in [0.717, 1.165) is 24.0 Å². The average molecular weight is 478 g/mol. The molecule has 1 N–H and O–H groups in total. The molecule has 0 bridgehead atoms. The minimum absolute atomic E-state index is 0.0952. The van der Waals surface area contributed by atoms with Crippen LogP contribution >= 0.6 is 0 Å². The van der Waals surface area contributed by atoms with E-state index in [9.17, 15) is 21.6 Å². The first-order valence-electron chi connectivity index (χ1n) is 10.7. The van der Waals surface area contributed by atoms with Crippen molar-refractivity contribution in [3.8, 4) is 0 Å². The van der Waals surface area contributed by atoms with E-state index < -0.39 is 32.0 Å². The number of nitrogens with zero attached hydrogens (tertiary/aromatic N) is 2. The highest BCUT2D eigenvalue weighted by molar-refractivity contribution is 7.89. The van der Waals surface area contributed by atoms with Crippen LogP contribution in [0, 0.1) is 0 Å². The van der Waals surface area contributed by atoms with Crippen LogP contribution in [0.4, 0.5) is 5.69 Å². The van der Waals surface area contributed by atoms with Gasteiger partial charge in [0.25, 0.3) is 0 Å². The number of hydrogen-bond donors (Lipinski definition) is 1. The average Bonchev–Trinajstić information content (AvgIpc) is 3.34. The summed E-state index contributed by atoms with van der Waals surface area (Å²) in [6.45, 7) is 2.75. The molecule has 1 amide bonds. The summed E-state index contributed by atoms with van der Waals surface area (Å²) in [4.78, 5) is 13.3. The fourth-order valence-corrected chi connectivity index (χ4v) is 6.94. The number of hydrogen-bond acceptors (Lipinski definition) is 5. The van der Waals surface area contributed by atoms with E-state index in [4.69, 9.17) is 0 Å². The van der Waals surface area contributed by atoms with E-state index in [1.54, 1.807) is 6.92 Å². The second kappa shape index (κ2) is 8.93. The summed E-state index contributed by atoms with van der Waals surface area (Å²) in [6.07, 6.45) is 1.99. The fraction of sp³-hybridized carbons (Fsp3) is 0.409. The van der Waals surface area contributed by atoms with Crippen LogP contribution in [-0.4, -0.2) is 56.2 Å². The van der Waals surface area contributed by atoms with Crippen LogP contribution in [0.5, 0.6) is 0 Å². The lowest BCUT2D eigenvalue weighted by Crippen LogP contribution is -2.51. The Balaban J connectivity index is 1.54. The van der Waals surface area contributed by atoms with Gasteiger partial charge in [-0.2, -0.15) is 8.61 Å². The molecule has 4 rings (SSSR count). The van der Waals surface area contributed by atoms with Gasteiger partial charge in [0.05, 0.1) is 10.6 Å². The van der Waals surface area contributed by atoms with Crippen molar-refractivity contribution >= 4 is 31.6 Å². The third kappa shape index (κ3) is 4.45. The molecule has 0 radical (unpaired) electrons. The summed E-state index contributed by atoms with van der Waals surface area (Å²) in [5.74, 6) is -0.533. The van der Waals surface area contributed by atoms with Crippen molar-refractivity contribution in [2.45, 2.75) is 43.7 Å². The van der Waals surface area contributed by atoms with Crippen LogP contribution in [0.3, 0.4) is 0 Å². The quantitative estimate of drug-likeness (QED) is 0.687. The molecule has 1 saturated heterocycles. The Morgan fingerprint density at radius 1 is 0.969 bits per heavy atom. The van der Waals surface area contributed by atoms with Gasteiger partial charge in [-0.1, -0.05) is 24.3 Å². The van der Waals surface area contributed by atoms with Crippen LogP contribution in [0.2, 0.25) is 0 Å². The molecule has 10 heteroatoms. The van der Waals surface area contributed by atoms with Gasteiger partial charge in [-0.15, -0.1) is 0 Å². The van der Waals surface area contributed by atoms with Gasteiger partial charge >= 0.3 is 0 Å². The molecule has 0 aromatic heterocycles. The minimum atomic E-state index is -3.60. The van der Waals surface area contributed by atoms with Crippen molar-refractivity contribution in [2.24, 2.45) is 0 Å². The molecule has 32 heavy (non-hydrogen) atoms. The second-order valence-electron chi connectivity index (χ2n) is 8.06. The molecule has 0 aliphatic carbocycles. The van der Waals surface area contributed by atoms with Crippen molar-refractivity contribution < 1.29 is 21.6 Å². The zero-order valence-electron chi connectivity index (χ0n) is 17.9. The van der Waals surface area contributed by atoms with Crippen molar-refractivity contribution in [3.63, 3.8) is 0 Å². The molecular weight excluding hydrogens is 450 g/mol. The number of nitrogens with one attached hydrogen (secondary N) is 1. The van der Waals surface area contributed by atoms with Gasteiger partial charge in [0.15, 0.2) is 0 Å². The number of carbonyl (C=O) groups is 1. The van der Waals surface area contributed by atoms with Gasteiger partial charge in [0.1, 0.15) is 6.04 Å². The highest BCUT2D eigenvalue weighted by Gasteiger charge is 2.38. The number of sulfonamides is 2. The number of amides is 1. The zero-order chi connectivity index (χ0) is 22.9. The number of benzene rings is 2. The monoisotopic (exact) mass is 477 g/mol. The summed E-state index contributed by atoms with van der Waals surface area (Å²) < 4.78 is 53.5. The Kier molecular flexibility index (Phi) is 6.39. The lowest BCUT2D eigenvalue weighted by molar-refractivity contribution is -0.120. The van der Waals surface area contributed by atoms with Crippen molar-refractivity contribution in [1.29, 1.82) is 0 Å². The minimum Gasteiger partial charge on any atom is -0.325 e. The van der Waals surface area contributed by atoms with Crippen LogP contribution in [0.1, 0.15) is 30.9 Å². The van der Waals surface area contributed by atoms with Crippen LogP contribution in [0.15, 0.2) is 53.4 Å². The van der Waals surface area contributed by atoms with Crippen LogP contribution in [-0.2, 0) is 37.8 Å². The van der Waals surface area contributed by atoms with Crippen molar-refractivity contribution in [3.05, 3.63) is 59.7 Å². The number of fused-ring (bicyclic) bond motifs is 1. The van der Waals surface area contributed by atoms with Crippen molar-refractivity contribution in [2.75, 3.05) is 24.2 Å². The Labute approximate surface area is 189 Å². The second-order valence-corrected chi connectivity index (χ2v) is 12.2. The molecule has 2 aliphatic heterocycles. The van der Waals surface area contributed by atoms with Gasteiger partial charge in [0, 0.05) is 25.3 Å². The SMILES string of the molecule is CCS(=O)(=O)N1Cc2ccccc2CC1C(=O)Nc1ccc(S(=O)(=O)N2CCCC2)cc1. The van der Waals surface area contributed by atoms with E-state index in [1.165, 1.54) is 32.9 Å². The van der Waals surface area contributed by atoms with Crippen LogP contribution in [0.25, 0.3) is 0 Å². The molecule has 8 nitrogen and oxygen atoms in total. The van der Waals surface area contributed by atoms with Gasteiger partial charge < -0.3 is 5.32 Å². The summed E-state index contributed by atoms with van der Waals surface area (Å²) >= 11 is 0. The number of rotatable bonds is 6. The Morgan fingerprint density at radius 3 is 2.22 bits per heavy atom. The molecular formula is C22H27N3O5S2. The first-order valence-corrected chi connectivity index (χ1v) is 13.7. The summed E-state index contributed by atoms with van der Waals surface area (Å²) in [6, 6.07) is 12.7. The number of carbonyl (C=O) groups excluding carboxylic acids is 1. The van der Waals surface area contributed by atoms with Gasteiger partial charge in [0.2, 0.25) is 26.0 Å². The topological polar surface area (TPSA) is 104 Å². The molecule has 0 spiro atoms. The zero-order valence-corrected chi connectivity index (χ0v) is 19.5. The largest absolute Gasteiger partial charge is 0.325 e. The highest BCUT2D eigenvalue weighted by atomic mass is 32.2. The van der Waals surface area contributed by atoms with Crippen molar-refractivity contribution in [1.82, 2.24) is 8.61 Å². The van der Waals surface area contributed by atoms with E-state index in [-0.39, 0.29) is 23.6 Å². The molecule has 2 aromatic carbocycles. The predicted molar refractivity (Wildman–Crippen MR) is 122 cm³/mol. The van der Waals surface area contributed by atoms with E-state index >= 15 is 0 Å². The van der Waals surface area contributed by atoms with Gasteiger partial charge in [-0.05, 0) is 61.6 Å². The lowest BCUT2D eigenvalue weighted by Gasteiger charge is -2.34. The first kappa shape index (κ1) is 22.9. The predicted octanol–water partition coefficient (Wildman–Crippen LogP) is 2.19. The maximum absolute atomic E-state index is 13.1.